The van der Waals surface area contributed by atoms with Crippen molar-refractivity contribution in [3.05, 3.63) is 88.0 Å². The van der Waals surface area contributed by atoms with Gasteiger partial charge in [0.05, 0.1) is 28.4 Å². The predicted molar refractivity (Wildman–Crippen MR) is 124 cm³/mol. The SMILES string of the molecule is COc1ccc(C)cc1NS(=O)(=O)c1ccc(NS(=O)(=O)Cc2cccc([N+](=O)[O-])c2)cc1. The summed E-state index contributed by atoms with van der Waals surface area (Å²) in [6.07, 6.45) is 0. The molecule has 0 bridgehead atoms. The van der Waals surface area contributed by atoms with Crippen LogP contribution in [0.15, 0.2) is 71.6 Å². The number of nitrogens with one attached hydrogen (secondary N) is 2. The minimum Gasteiger partial charge on any atom is -0.495 e. The molecule has 3 rings (SSSR count). The Morgan fingerprint density at radius 1 is 0.939 bits per heavy atom. The molecule has 3 aromatic rings. The van der Waals surface area contributed by atoms with E-state index in [4.69, 9.17) is 4.74 Å². The van der Waals surface area contributed by atoms with Crippen molar-refractivity contribution in [3.63, 3.8) is 0 Å². The minimum absolute atomic E-state index is 0.0762. The summed E-state index contributed by atoms with van der Waals surface area (Å²) in [5.74, 6) is -0.126. The van der Waals surface area contributed by atoms with Crippen LogP contribution in [0.25, 0.3) is 0 Å². The Kier molecular flexibility index (Phi) is 6.89. The first-order chi connectivity index (χ1) is 15.5. The molecule has 0 heterocycles. The van der Waals surface area contributed by atoms with E-state index in [0.29, 0.717) is 5.75 Å². The predicted octanol–water partition coefficient (Wildman–Crippen LogP) is 3.65. The lowest BCUT2D eigenvalue weighted by molar-refractivity contribution is -0.384. The molecule has 0 saturated carbocycles. The Bertz CT molecular complexity index is 1390. The number of ether oxygens (including phenoxy) is 1. The van der Waals surface area contributed by atoms with E-state index < -0.39 is 30.7 Å². The highest BCUT2D eigenvalue weighted by atomic mass is 32.2. The van der Waals surface area contributed by atoms with Crippen LogP contribution in [0, 0.1) is 17.0 Å². The monoisotopic (exact) mass is 491 g/mol. The summed E-state index contributed by atoms with van der Waals surface area (Å²) >= 11 is 0. The molecule has 2 N–H and O–H groups in total. The van der Waals surface area contributed by atoms with Gasteiger partial charge in [-0.3, -0.25) is 19.6 Å². The molecule has 174 valence electrons. The van der Waals surface area contributed by atoms with Crippen LogP contribution in [-0.2, 0) is 25.8 Å². The van der Waals surface area contributed by atoms with E-state index in [1.807, 2.05) is 6.92 Å². The summed E-state index contributed by atoms with van der Waals surface area (Å²) in [5.41, 5.74) is 1.29. The Morgan fingerprint density at radius 3 is 2.27 bits per heavy atom. The molecular formula is C21H21N3O7S2. The molecule has 0 amide bonds. The Morgan fingerprint density at radius 2 is 1.64 bits per heavy atom. The molecule has 0 spiro atoms. The van der Waals surface area contributed by atoms with Crippen molar-refractivity contribution in [1.82, 2.24) is 0 Å². The van der Waals surface area contributed by atoms with Gasteiger partial charge in [-0.25, -0.2) is 16.8 Å². The van der Waals surface area contributed by atoms with Gasteiger partial charge in [0.2, 0.25) is 10.0 Å². The number of rotatable bonds is 9. The van der Waals surface area contributed by atoms with Crippen LogP contribution in [0.3, 0.4) is 0 Å². The van der Waals surface area contributed by atoms with Gasteiger partial charge < -0.3 is 4.74 Å². The Hall–Kier alpha value is -3.64. The molecule has 0 aliphatic rings. The van der Waals surface area contributed by atoms with Crippen LogP contribution in [0.1, 0.15) is 11.1 Å². The zero-order chi connectivity index (χ0) is 24.2. The molecule has 0 aliphatic carbocycles. The number of aryl methyl sites for hydroxylation is 1. The Balaban J connectivity index is 1.75. The van der Waals surface area contributed by atoms with Gasteiger partial charge in [-0.15, -0.1) is 0 Å². The fourth-order valence-corrected chi connectivity index (χ4v) is 5.25. The lowest BCUT2D eigenvalue weighted by atomic mass is 10.2. The fourth-order valence-electron chi connectivity index (χ4n) is 3.00. The van der Waals surface area contributed by atoms with E-state index >= 15 is 0 Å². The zero-order valence-electron chi connectivity index (χ0n) is 17.7. The lowest BCUT2D eigenvalue weighted by Gasteiger charge is -2.13. The normalized spacial score (nSPS) is 11.6. The maximum atomic E-state index is 12.7. The van der Waals surface area contributed by atoms with E-state index in [2.05, 4.69) is 9.44 Å². The molecule has 10 nitrogen and oxygen atoms in total. The third-order valence-corrected chi connectivity index (χ3v) is 7.16. The summed E-state index contributed by atoms with van der Waals surface area (Å²) in [6.45, 7) is 1.81. The zero-order valence-corrected chi connectivity index (χ0v) is 19.3. The highest BCUT2D eigenvalue weighted by Gasteiger charge is 2.18. The number of nitro groups is 1. The number of nitro benzene ring substituents is 1. The molecule has 0 unspecified atom stereocenters. The van der Waals surface area contributed by atoms with Crippen molar-refractivity contribution in [2.75, 3.05) is 16.6 Å². The highest BCUT2D eigenvalue weighted by molar-refractivity contribution is 7.92. The Labute approximate surface area is 191 Å². The van der Waals surface area contributed by atoms with Gasteiger partial charge in [-0.05, 0) is 54.4 Å². The first kappa shape index (κ1) is 24.0. The fraction of sp³-hybridized carbons (Fsp3) is 0.143. The second kappa shape index (κ2) is 9.46. The van der Waals surface area contributed by atoms with Gasteiger partial charge in [0.1, 0.15) is 5.75 Å². The minimum atomic E-state index is -3.96. The standard InChI is InChI=1S/C21H21N3O7S2/c1-15-6-11-21(31-2)20(12-15)23-33(29,30)19-9-7-17(8-10-19)22-32(27,28)14-16-4-3-5-18(13-16)24(25)26/h3-13,22-23H,14H2,1-2H3. The van der Waals surface area contributed by atoms with E-state index in [1.165, 1.54) is 55.6 Å². The average Bonchev–Trinajstić information content (AvgIpc) is 2.73. The first-order valence-electron chi connectivity index (χ1n) is 9.50. The van der Waals surface area contributed by atoms with Crippen LogP contribution in [-0.4, -0.2) is 28.9 Å². The number of nitrogens with zero attached hydrogens (tertiary/aromatic N) is 1. The second-order valence-electron chi connectivity index (χ2n) is 7.12. The lowest BCUT2D eigenvalue weighted by Crippen LogP contribution is -2.16. The van der Waals surface area contributed by atoms with E-state index in [0.717, 1.165) is 5.56 Å². The largest absolute Gasteiger partial charge is 0.495 e. The number of sulfonamides is 2. The molecule has 0 aliphatic heterocycles. The quantitative estimate of drug-likeness (QED) is 0.343. The van der Waals surface area contributed by atoms with Crippen LogP contribution in [0.2, 0.25) is 0 Å². The molecule has 0 aromatic heterocycles. The van der Waals surface area contributed by atoms with Gasteiger partial charge in [-0.2, -0.15) is 0 Å². The smallest absolute Gasteiger partial charge is 0.269 e. The van der Waals surface area contributed by atoms with Gasteiger partial charge >= 0.3 is 0 Å². The summed E-state index contributed by atoms with van der Waals surface area (Å²) in [5, 5.41) is 10.9. The number of non-ortho nitro benzene ring substituents is 1. The average molecular weight is 492 g/mol. The van der Waals surface area contributed by atoms with Crippen molar-refractivity contribution in [2.45, 2.75) is 17.6 Å². The van der Waals surface area contributed by atoms with Gasteiger partial charge in [-0.1, -0.05) is 18.2 Å². The third kappa shape index (κ3) is 6.20. The van der Waals surface area contributed by atoms with Crippen molar-refractivity contribution >= 4 is 37.1 Å². The van der Waals surface area contributed by atoms with Crippen LogP contribution >= 0.6 is 0 Å². The molecule has 0 saturated heterocycles. The molecule has 3 aromatic carbocycles. The van der Waals surface area contributed by atoms with Gasteiger partial charge in [0.15, 0.2) is 0 Å². The first-order valence-corrected chi connectivity index (χ1v) is 12.6. The second-order valence-corrected chi connectivity index (χ2v) is 10.5. The van der Waals surface area contributed by atoms with E-state index in [9.17, 15) is 26.9 Å². The molecule has 12 heteroatoms. The molecule has 0 radical (unpaired) electrons. The van der Waals surface area contributed by atoms with Crippen LogP contribution in [0.5, 0.6) is 5.75 Å². The maximum Gasteiger partial charge on any atom is 0.269 e. The summed E-state index contributed by atoms with van der Waals surface area (Å²) < 4.78 is 60.4. The summed E-state index contributed by atoms with van der Waals surface area (Å²) in [6, 6.07) is 15.5. The van der Waals surface area contributed by atoms with E-state index in [1.54, 1.807) is 18.2 Å². The number of benzene rings is 3. The molecule has 0 fully saturated rings. The topological polar surface area (TPSA) is 145 Å². The van der Waals surface area contributed by atoms with Crippen LogP contribution in [0.4, 0.5) is 17.1 Å². The van der Waals surface area contributed by atoms with Gasteiger partial charge in [0, 0.05) is 17.8 Å². The third-order valence-electron chi connectivity index (χ3n) is 4.52. The van der Waals surface area contributed by atoms with Crippen molar-refractivity contribution in [2.24, 2.45) is 0 Å². The highest BCUT2D eigenvalue weighted by Crippen LogP contribution is 2.28. The number of anilines is 2. The number of hydrogen-bond acceptors (Lipinski definition) is 7. The van der Waals surface area contributed by atoms with Gasteiger partial charge in [0.25, 0.3) is 15.7 Å². The van der Waals surface area contributed by atoms with E-state index in [-0.39, 0.29) is 27.5 Å². The van der Waals surface area contributed by atoms with Crippen molar-refractivity contribution in [1.29, 1.82) is 0 Å². The van der Waals surface area contributed by atoms with Crippen LogP contribution < -0.4 is 14.2 Å². The van der Waals surface area contributed by atoms with Crippen molar-refractivity contribution in [3.8, 4) is 5.75 Å². The molecular weight excluding hydrogens is 470 g/mol. The number of hydrogen-bond donors (Lipinski definition) is 2. The summed E-state index contributed by atoms with van der Waals surface area (Å²) in [7, 11) is -6.42. The molecule has 33 heavy (non-hydrogen) atoms. The molecule has 0 atom stereocenters. The summed E-state index contributed by atoms with van der Waals surface area (Å²) in [4.78, 5) is 10.2. The number of methoxy groups -OCH3 is 1. The maximum absolute atomic E-state index is 12.7. The van der Waals surface area contributed by atoms with Crippen molar-refractivity contribution < 1.29 is 26.5 Å².